The lowest BCUT2D eigenvalue weighted by Gasteiger charge is -2.18. The normalized spacial score (nSPS) is 11.5. The fourth-order valence-electron chi connectivity index (χ4n) is 3.41. The van der Waals surface area contributed by atoms with Crippen molar-refractivity contribution in [3.8, 4) is 11.3 Å². The number of carboxylic acid groups (broad SMARTS) is 1. The minimum absolute atomic E-state index is 0.152. The quantitative estimate of drug-likeness (QED) is 0.295. The summed E-state index contributed by atoms with van der Waals surface area (Å²) in [6, 6.07) is 9.16. The van der Waals surface area contributed by atoms with Gasteiger partial charge in [-0.1, -0.05) is 32.4 Å². The van der Waals surface area contributed by atoms with Crippen LogP contribution in [0.15, 0.2) is 46.6 Å². The van der Waals surface area contributed by atoms with Gasteiger partial charge in [-0.05, 0) is 35.8 Å². The fraction of sp³-hybridized carbons (Fsp3) is 0.250. The highest BCUT2D eigenvalue weighted by Crippen LogP contribution is 2.27. The SMILES string of the molecule is CC(C)(C)C(=O)n1nc(-c2cc(C(=O)O)n(CC(=O)c3ccsn3)c(=O)c2)cc1NCc1ccc(Cl)s1. The van der Waals surface area contributed by atoms with E-state index in [2.05, 4.69) is 14.8 Å². The summed E-state index contributed by atoms with van der Waals surface area (Å²) in [5, 5.41) is 19.0. The van der Waals surface area contributed by atoms with E-state index in [-0.39, 0.29) is 28.6 Å². The first-order chi connectivity index (χ1) is 17.4. The summed E-state index contributed by atoms with van der Waals surface area (Å²) in [4.78, 5) is 51.5. The average molecular weight is 560 g/mol. The Morgan fingerprint density at radius 1 is 1.14 bits per heavy atom. The first-order valence-electron chi connectivity index (χ1n) is 11.0. The van der Waals surface area contributed by atoms with Crippen molar-refractivity contribution in [2.75, 3.05) is 5.32 Å². The zero-order valence-electron chi connectivity index (χ0n) is 20.0. The smallest absolute Gasteiger partial charge is 0.352 e. The molecule has 0 spiro atoms. The van der Waals surface area contributed by atoms with Crippen molar-refractivity contribution in [3.05, 3.63) is 72.7 Å². The zero-order chi connectivity index (χ0) is 26.9. The van der Waals surface area contributed by atoms with Crippen LogP contribution in [-0.4, -0.2) is 41.5 Å². The number of nitrogens with one attached hydrogen (secondary N) is 1. The molecule has 0 amide bonds. The molecule has 0 atom stereocenters. The number of aromatic carboxylic acids is 1. The summed E-state index contributed by atoms with van der Waals surface area (Å²) in [5.74, 6) is -1.80. The van der Waals surface area contributed by atoms with E-state index in [4.69, 9.17) is 11.6 Å². The number of carbonyl (C=O) groups excluding carboxylic acids is 2. The number of ketones is 1. The van der Waals surface area contributed by atoms with E-state index in [1.165, 1.54) is 34.2 Å². The lowest BCUT2D eigenvalue weighted by Crippen LogP contribution is -2.29. The minimum Gasteiger partial charge on any atom is -0.477 e. The van der Waals surface area contributed by atoms with Gasteiger partial charge in [0.25, 0.3) is 11.5 Å². The molecule has 0 unspecified atom stereocenters. The van der Waals surface area contributed by atoms with Crippen molar-refractivity contribution in [2.24, 2.45) is 5.41 Å². The van der Waals surface area contributed by atoms with Gasteiger partial charge in [0.05, 0.1) is 23.1 Å². The van der Waals surface area contributed by atoms with Gasteiger partial charge in [-0.15, -0.1) is 11.3 Å². The number of nitrogens with zero attached hydrogens (tertiary/aromatic N) is 4. The molecule has 4 aromatic rings. The third-order valence-electron chi connectivity index (χ3n) is 5.28. The fourth-order valence-corrected chi connectivity index (χ4v) is 4.96. The monoisotopic (exact) mass is 559 g/mol. The molecule has 0 fully saturated rings. The number of aromatic nitrogens is 4. The van der Waals surface area contributed by atoms with Crippen molar-refractivity contribution >= 4 is 57.9 Å². The van der Waals surface area contributed by atoms with Crippen LogP contribution in [0.4, 0.5) is 5.82 Å². The van der Waals surface area contributed by atoms with Crippen LogP contribution in [0.2, 0.25) is 4.34 Å². The molecule has 0 aliphatic carbocycles. The van der Waals surface area contributed by atoms with E-state index in [9.17, 15) is 24.3 Å². The lowest BCUT2D eigenvalue weighted by atomic mass is 9.96. The molecule has 192 valence electrons. The van der Waals surface area contributed by atoms with Gasteiger partial charge in [0, 0.05) is 33.4 Å². The van der Waals surface area contributed by atoms with Gasteiger partial charge in [0.2, 0.25) is 5.78 Å². The third kappa shape index (κ3) is 5.87. The molecule has 13 heteroatoms. The first kappa shape index (κ1) is 26.5. The van der Waals surface area contributed by atoms with E-state index in [1.54, 1.807) is 38.3 Å². The number of thiophene rings is 1. The van der Waals surface area contributed by atoms with Gasteiger partial charge in [-0.2, -0.15) is 14.2 Å². The topological polar surface area (TPSA) is 136 Å². The van der Waals surface area contributed by atoms with E-state index < -0.39 is 29.3 Å². The number of anilines is 1. The van der Waals surface area contributed by atoms with E-state index in [0.717, 1.165) is 21.0 Å². The van der Waals surface area contributed by atoms with Crippen LogP contribution < -0.4 is 10.9 Å². The summed E-state index contributed by atoms with van der Waals surface area (Å²) in [5.41, 5.74) is -1.27. The number of hydrogen-bond donors (Lipinski definition) is 2. The van der Waals surface area contributed by atoms with Crippen LogP contribution in [0, 0.1) is 5.41 Å². The van der Waals surface area contributed by atoms with Gasteiger partial charge < -0.3 is 10.4 Å². The second-order valence-corrected chi connectivity index (χ2v) is 11.6. The minimum atomic E-state index is -1.39. The van der Waals surface area contributed by atoms with Crippen molar-refractivity contribution < 1.29 is 19.5 Å². The molecule has 2 N–H and O–H groups in total. The number of hydrogen-bond acceptors (Lipinski definition) is 9. The molecule has 0 aromatic carbocycles. The number of carbonyl (C=O) groups is 3. The number of Topliss-reactive ketones (excluding diaryl/α,β-unsaturated/α-hetero) is 1. The number of halogens is 1. The molecule has 0 saturated heterocycles. The Kier molecular flexibility index (Phi) is 7.44. The molecule has 37 heavy (non-hydrogen) atoms. The Labute approximate surface area is 224 Å². The van der Waals surface area contributed by atoms with E-state index >= 15 is 0 Å². The molecule has 10 nitrogen and oxygen atoms in total. The van der Waals surface area contributed by atoms with Crippen molar-refractivity contribution in [2.45, 2.75) is 33.9 Å². The summed E-state index contributed by atoms with van der Waals surface area (Å²) in [6.07, 6.45) is 0. The summed E-state index contributed by atoms with van der Waals surface area (Å²) < 4.78 is 6.66. The van der Waals surface area contributed by atoms with Crippen LogP contribution in [0.25, 0.3) is 11.3 Å². The Morgan fingerprint density at radius 2 is 1.89 bits per heavy atom. The van der Waals surface area contributed by atoms with Crippen LogP contribution >= 0.6 is 34.5 Å². The maximum absolute atomic E-state index is 13.1. The van der Waals surface area contributed by atoms with Crippen LogP contribution in [-0.2, 0) is 13.1 Å². The maximum Gasteiger partial charge on any atom is 0.352 e. The maximum atomic E-state index is 13.1. The van der Waals surface area contributed by atoms with Gasteiger partial charge in [-0.25, -0.2) is 4.79 Å². The number of rotatable bonds is 8. The molecular formula is C24H22ClN5O5S2. The molecule has 0 saturated carbocycles. The van der Waals surface area contributed by atoms with Crippen molar-refractivity contribution in [1.29, 1.82) is 0 Å². The summed E-state index contributed by atoms with van der Waals surface area (Å²) in [7, 11) is 0. The molecule has 4 aromatic heterocycles. The molecule has 0 radical (unpaired) electrons. The van der Waals surface area contributed by atoms with E-state index in [0.29, 0.717) is 16.7 Å². The predicted molar refractivity (Wildman–Crippen MR) is 142 cm³/mol. The molecule has 0 bridgehead atoms. The highest BCUT2D eigenvalue weighted by Gasteiger charge is 2.27. The second kappa shape index (κ2) is 10.4. The Bertz CT molecular complexity index is 1550. The predicted octanol–water partition coefficient (Wildman–Crippen LogP) is 4.76. The van der Waals surface area contributed by atoms with Crippen molar-refractivity contribution in [1.82, 2.24) is 18.7 Å². The number of pyridine rings is 1. The van der Waals surface area contributed by atoms with E-state index in [1.807, 2.05) is 6.07 Å². The molecule has 0 aliphatic heterocycles. The molecule has 4 heterocycles. The van der Waals surface area contributed by atoms with Crippen molar-refractivity contribution in [3.63, 3.8) is 0 Å². The zero-order valence-corrected chi connectivity index (χ0v) is 22.4. The van der Waals surface area contributed by atoms with Gasteiger partial charge in [0.15, 0.2) is 0 Å². The average Bonchev–Trinajstić information content (AvgIpc) is 3.58. The third-order valence-corrected chi connectivity index (χ3v) is 7.08. The number of carboxylic acids is 1. The first-order valence-corrected chi connectivity index (χ1v) is 13.0. The molecular weight excluding hydrogens is 538 g/mol. The van der Waals surface area contributed by atoms with Gasteiger partial charge >= 0.3 is 5.97 Å². The highest BCUT2D eigenvalue weighted by molar-refractivity contribution is 7.16. The Morgan fingerprint density at radius 3 is 2.49 bits per heavy atom. The lowest BCUT2D eigenvalue weighted by molar-refractivity contribution is 0.0682. The molecule has 4 rings (SSSR count). The highest BCUT2D eigenvalue weighted by atomic mass is 35.5. The Balaban J connectivity index is 1.73. The van der Waals surface area contributed by atoms with Crippen LogP contribution in [0.1, 0.15) is 51.4 Å². The largest absolute Gasteiger partial charge is 0.477 e. The Hall–Kier alpha value is -3.61. The van der Waals surface area contributed by atoms with Crippen LogP contribution in [0.5, 0.6) is 0 Å². The van der Waals surface area contributed by atoms with Gasteiger partial charge in [-0.3, -0.25) is 19.0 Å². The summed E-state index contributed by atoms with van der Waals surface area (Å²) >= 11 is 8.48. The second-order valence-electron chi connectivity index (χ2n) is 9.11. The van der Waals surface area contributed by atoms with Crippen LogP contribution in [0.3, 0.4) is 0 Å². The summed E-state index contributed by atoms with van der Waals surface area (Å²) in [6.45, 7) is 5.16. The van der Waals surface area contributed by atoms with Gasteiger partial charge in [0.1, 0.15) is 17.2 Å². The standard InChI is InChI=1S/C24H22ClN5O5S2/c1-24(2,3)23(35)30-20(26-11-14-4-5-19(25)37-14)10-16(27-30)13-8-17(22(33)34)29(21(32)9-13)12-18(31)15-6-7-36-28-15/h4-10,26H,11-12H2,1-3H3,(H,33,34). The molecule has 0 aliphatic rings.